The Balaban J connectivity index is 1.55. The number of aryl methyl sites for hydroxylation is 1. The number of rotatable bonds is 5. The van der Waals surface area contributed by atoms with Crippen LogP contribution in [0.3, 0.4) is 0 Å². The second kappa shape index (κ2) is 8.75. The van der Waals surface area contributed by atoms with Crippen molar-refractivity contribution in [2.24, 2.45) is 0 Å². The summed E-state index contributed by atoms with van der Waals surface area (Å²) in [6, 6.07) is 9.00. The first-order valence-electron chi connectivity index (χ1n) is 11.1. The molecular formula is C24H25F3N6S. The number of nitrogens with one attached hydrogen (secondary N) is 1. The van der Waals surface area contributed by atoms with Crippen LogP contribution in [0.25, 0.3) is 32.0 Å². The lowest BCUT2D eigenvalue weighted by atomic mass is 10.1. The van der Waals surface area contributed by atoms with E-state index in [-0.39, 0.29) is 0 Å². The highest BCUT2D eigenvalue weighted by Gasteiger charge is 2.32. The van der Waals surface area contributed by atoms with Gasteiger partial charge in [0.15, 0.2) is 0 Å². The minimum atomic E-state index is -4.47. The fourth-order valence-electron chi connectivity index (χ4n) is 4.42. The van der Waals surface area contributed by atoms with E-state index in [1.807, 2.05) is 25.1 Å². The van der Waals surface area contributed by atoms with Crippen LogP contribution in [0.5, 0.6) is 0 Å². The molecule has 1 saturated heterocycles. The molecule has 0 saturated carbocycles. The summed E-state index contributed by atoms with van der Waals surface area (Å²) in [5.41, 5.74) is 3.37. The van der Waals surface area contributed by atoms with Crippen molar-refractivity contribution in [3.63, 3.8) is 0 Å². The number of likely N-dealkylation sites (N-methyl/N-ethyl adjacent to an activating group) is 1. The number of hydrogen-bond acceptors (Lipinski definition) is 6. The van der Waals surface area contributed by atoms with Crippen LogP contribution in [-0.4, -0.2) is 63.2 Å². The number of hydrogen-bond donors (Lipinski definition) is 1. The molecule has 4 heterocycles. The lowest BCUT2D eigenvalue weighted by Gasteiger charge is -2.20. The number of thiazole rings is 1. The molecule has 34 heavy (non-hydrogen) atoms. The van der Waals surface area contributed by atoms with E-state index in [0.717, 1.165) is 63.3 Å². The molecule has 0 amide bonds. The van der Waals surface area contributed by atoms with Crippen molar-refractivity contribution >= 4 is 22.2 Å². The van der Waals surface area contributed by atoms with Gasteiger partial charge in [0.1, 0.15) is 16.4 Å². The molecule has 6 nitrogen and oxygen atoms in total. The van der Waals surface area contributed by atoms with Crippen LogP contribution in [0.15, 0.2) is 36.5 Å². The van der Waals surface area contributed by atoms with Gasteiger partial charge in [-0.1, -0.05) is 18.2 Å². The SMILES string of the molecule is Cc1cccc2c(-c3nc(CN4CCC(N(C)C)C4)c(-c4ccc(C(F)(F)F)nc4)s3)n[nH]c12. The van der Waals surface area contributed by atoms with Crippen molar-refractivity contribution < 1.29 is 13.2 Å². The predicted molar refractivity (Wildman–Crippen MR) is 128 cm³/mol. The zero-order chi connectivity index (χ0) is 24.0. The summed E-state index contributed by atoms with van der Waals surface area (Å²) < 4.78 is 39.2. The number of aromatic nitrogens is 4. The largest absolute Gasteiger partial charge is 0.433 e. The first-order valence-corrected chi connectivity index (χ1v) is 11.9. The van der Waals surface area contributed by atoms with E-state index in [9.17, 15) is 13.2 Å². The van der Waals surface area contributed by atoms with Crippen LogP contribution in [0.4, 0.5) is 13.2 Å². The number of likely N-dealkylation sites (tertiary alicyclic amines) is 1. The summed E-state index contributed by atoms with van der Waals surface area (Å²) in [5.74, 6) is 0. The Bertz CT molecular complexity index is 1310. The van der Waals surface area contributed by atoms with Gasteiger partial charge in [0.25, 0.3) is 0 Å². The molecule has 0 aliphatic carbocycles. The highest BCUT2D eigenvalue weighted by Crippen LogP contribution is 2.39. The van der Waals surface area contributed by atoms with E-state index in [1.54, 1.807) is 0 Å². The maximum atomic E-state index is 13.1. The summed E-state index contributed by atoms with van der Waals surface area (Å²) in [5, 5.41) is 9.35. The molecular weight excluding hydrogens is 461 g/mol. The van der Waals surface area contributed by atoms with Crippen LogP contribution in [-0.2, 0) is 12.7 Å². The van der Waals surface area contributed by atoms with Gasteiger partial charge in [-0.3, -0.25) is 15.0 Å². The molecule has 1 aliphatic heterocycles. The standard InChI is InChI=1S/C24H25F3N6S/c1-14-5-4-6-17-20(14)30-31-21(17)23-29-18(13-33-10-9-16(12-33)32(2)3)22(34-23)15-7-8-19(28-11-15)24(25,26)27/h4-8,11,16H,9-10,12-13H2,1-3H3,(H,30,31). The predicted octanol–water partition coefficient (Wildman–Crippen LogP) is 5.21. The Labute approximate surface area is 199 Å². The maximum absolute atomic E-state index is 13.1. The summed E-state index contributed by atoms with van der Waals surface area (Å²) >= 11 is 1.44. The van der Waals surface area contributed by atoms with Gasteiger partial charge in [-0.05, 0) is 45.1 Å². The minimum Gasteiger partial charge on any atom is -0.305 e. The highest BCUT2D eigenvalue weighted by atomic mass is 32.1. The van der Waals surface area contributed by atoms with E-state index in [0.29, 0.717) is 18.2 Å². The molecule has 5 rings (SSSR count). The average Bonchev–Trinajstić information content (AvgIpc) is 3.52. The molecule has 1 unspecified atom stereocenters. The van der Waals surface area contributed by atoms with Gasteiger partial charge >= 0.3 is 6.18 Å². The molecule has 4 aromatic rings. The molecule has 1 aromatic carbocycles. The van der Waals surface area contributed by atoms with Crippen molar-refractivity contribution in [2.45, 2.75) is 32.1 Å². The molecule has 0 bridgehead atoms. The zero-order valence-electron chi connectivity index (χ0n) is 19.1. The van der Waals surface area contributed by atoms with Gasteiger partial charge in [0.2, 0.25) is 0 Å². The third kappa shape index (κ3) is 4.33. The lowest BCUT2D eigenvalue weighted by molar-refractivity contribution is -0.141. The summed E-state index contributed by atoms with van der Waals surface area (Å²) in [4.78, 5) is 14.0. The van der Waals surface area contributed by atoms with Crippen LogP contribution < -0.4 is 0 Å². The maximum Gasteiger partial charge on any atom is 0.433 e. The second-order valence-electron chi connectivity index (χ2n) is 8.94. The first kappa shape index (κ1) is 22.9. The van der Waals surface area contributed by atoms with Crippen LogP contribution in [0, 0.1) is 6.92 Å². The van der Waals surface area contributed by atoms with Crippen molar-refractivity contribution in [1.29, 1.82) is 0 Å². The van der Waals surface area contributed by atoms with E-state index in [1.165, 1.54) is 23.6 Å². The topological polar surface area (TPSA) is 60.9 Å². The number of benzene rings is 1. The number of halogens is 3. The number of aromatic amines is 1. The summed E-state index contributed by atoms with van der Waals surface area (Å²) in [7, 11) is 4.16. The Morgan fingerprint density at radius 2 is 2.03 bits per heavy atom. The Hall–Kier alpha value is -2.82. The summed E-state index contributed by atoms with van der Waals surface area (Å²) in [6.45, 7) is 4.52. The van der Waals surface area contributed by atoms with Crippen molar-refractivity contribution in [2.75, 3.05) is 27.2 Å². The fourth-order valence-corrected chi connectivity index (χ4v) is 5.49. The molecule has 0 radical (unpaired) electrons. The van der Waals surface area contributed by atoms with Gasteiger partial charge in [-0.2, -0.15) is 18.3 Å². The van der Waals surface area contributed by atoms with Gasteiger partial charge in [0, 0.05) is 42.8 Å². The molecule has 1 fully saturated rings. The molecule has 10 heteroatoms. The monoisotopic (exact) mass is 486 g/mol. The molecule has 178 valence electrons. The van der Waals surface area contributed by atoms with Gasteiger partial charge in [0.05, 0.1) is 16.1 Å². The minimum absolute atomic E-state index is 0.479. The Morgan fingerprint density at radius 3 is 2.71 bits per heavy atom. The molecule has 0 spiro atoms. The lowest BCUT2D eigenvalue weighted by Crippen LogP contribution is -2.31. The van der Waals surface area contributed by atoms with Crippen molar-refractivity contribution in [1.82, 2.24) is 30.0 Å². The number of alkyl halides is 3. The van der Waals surface area contributed by atoms with Crippen LogP contribution in [0.2, 0.25) is 0 Å². The smallest absolute Gasteiger partial charge is 0.305 e. The van der Waals surface area contributed by atoms with Gasteiger partial charge in [-0.15, -0.1) is 11.3 Å². The highest BCUT2D eigenvalue weighted by molar-refractivity contribution is 7.18. The summed E-state index contributed by atoms with van der Waals surface area (Å²) in [6.07, 6.45) is -2.10. The van der Waals surface area contributed by atoms with E-state index in [2.05, 4.69) is 39.1 Å². The number of fused-ring (bicyclic) bond motifs is 1. The number of para-hydroxylation sites is 1. The van der Waals surface area contributed by atoms with Crippen molar-refractivity contribution in [3.05, 3.63) is 53.5 Å². The van der Waals surface area contributed by atoms with E-state index >= 15 is 0 Å². The van der Waals surface area contributed by atoms with Crippen LogP contribution in [0.1, 0.15) is 23.4 Å². The number of nitrogens with zero attached hydrogens (tertiary/aromatic N) is 5. The van der Waals surface area contributed by atoms with E-state index < -0.39 is 11.9 Å². The average molecular weight is 487 g/mol. The zero-order valence-corrected chi connectivity index (χ0v) is 20.0. The van der Waals surface area contributed by atoms with Gasteiger partial charge < -0.3 is 4.90 Å². The molecule has 1 atom stereocenters. The number of H-pyrrole nitrogens is 1. The van der Waals surface area contributed by atoms with Crippen LogP contribution >= 0.6 is 11.3 Å². The second-order valence-corrected chi connectivity index (χ2v) is 9.93. The third-order valence-corrected chi connectivity index (χ3v) is 7.53. The Kier molecular flexibility index (Phi) is 5.91. The quantitative estimate of drug-likeness (QED) is 0.420. The first-order chi connectivity index (χ1) is 16.2. The van der Waals surface area contributed by atoms with Gasteiger partial charge in [-0.25, -0.2) is 4.98 Å². The van der Waals surface area contributed by atoms with E-state index in [4.69, 9.17) is 4.98 Å². The molecule has 1 N–H and O–H groups in total. The van der Waals surface area contributed by atoms with Crippen molar-refractivity contribution in [3.8, 4) is 21.1 Å². The number of pyridine rings is 1. The fraction of sp³-hybridized carbons (Fsp3) is 0.375. The molecule has 3 aromatic heterocycles. The molecule has 1 aliphatic rings. The third-order valence-electron chi connectivity index (χ3n) is 6.37. The Morgan fingerprint density at radius 1 is 1.21 bits per heavy atom. The normalized spacial score (nSPS) is 17.3.